The minimum absolute atomic E-state index is 0.261. The highest BCUT2D eigenvalue weighted by Gasteiger charge is 2.58. The summed E-state index contributed by atoms with van der Waals surface area (Å²) < 4.78 is 13.2. The van der Waals surface area contributed by atoms with Gasteiger partial charge in [0.15, 0.2) is 0 Å². The molecule has 0 radical (unpaired) electrons. The van der Waals surface area contributed by atoms with Crippen molar-refractivity contribution in [2.45, 2.75) is 37.2 Å². The van der Waals surface area contributed by atoms with Crippen molar-refractivity contribution in [3.63, 3.8) is 0 Å². The van der Waals surface area contributed by atoms with Crippen molar-refractivity contribution in [2.75, 3.05) is 10.6 Å². The highest BCUT2D eigenvalue weighted by Crippen LogP contribution is 2.52. The predicted octanol–water partition coefficient (Wildman–Crippen LogP) is 5.54. The van der Waals surface area contributed by atoms with Gasteiger partial charge in [0.2, 0.25) is 5.91 Å². The molecule has 4 rings (SSSR count). The molecule has 2 amide bonds. The molecule has 1 aliphatic rings. The normalized spacial score (nSPS) is 21.7. The molecule has 0 unspecified atom stereocenters. The van der Waals surface area contributed by atoms with E-state index in [1.54, 1.807) is 48.5 Å². The van der Waals surface area contributed by atoms with E-state index in [-0.39, 0.29) is 30.5 Å². The highest BCUT2D eigenvalue weighted by molar-refractivity contribution is 6.31. The Kier molecular flexibility index (Phi) is 6.23. The molecule has 7 heteroatoms. The molecule has 3 aromatic rings. The average molecular weight is 467 g/mol. The van der Waals surface area contributed by atoms with Crippen molar-refractivity contribution in [1.82, 2.24) is 0 Å². The summed E-state index contributed by atoms with van der Waals surface area (Å²) in [6.45, 7) is 1.89. The van der Waals surface area contributed by atoms with Gasteiger partial charge in [-0.15, -0.1) is 0 Å². The van der Waals surface area contributed by atoms with Crippen LogP contribution in [0.15, 0.2) is 72.8 Å². The Balaban J connectivity index is 1.54. The Labute approximate surface area is 196 Å². The summed E-state index contributed by atoms with van der Waals surface area (Å²) in [5.41, 5.74) is 0.393. The zero-order valence-corrected chi connectivity index (χ0v) is 18.8. The van der Waals surface area contributed by atoms with Crippen molar-refractivity contribution in [3.8, 4) is 0 Å². The molecule has 0 heterocycles. The maximum absolute atomic E-state index is 13.3. The van der Waals surface area contributed by atoms with Crippen LogP contribution in [0.25, 0.3) is 0 Å². The summed E-state index contributed by atoms with van der Waals surface area (Å²) in [6.07, 6.45) is 1.09. The topological polar surface area (TPSA) is 78.4 Å². The fourth-order valence-corrected chi connectivity index (χ4v) is 4.50. The second-order valence-corrected chi connectivity index (χ2v) is 8.95. The van der Waals surface area contributed by atoms with Crippen LogP contribution in [-0.4, -0.2) is 22.5 Å². The lowest BCUT2D eigenvalue weighted by Crippen LogP contribution is -2.60. The maximum Gasteiger partial charge on any atom is 0.255 e. The largest absolute Gasteiger partial charge is 0.390 e. The molecule has 0 bridgehead atoms. The van der Waals surface area contributed by atoms with Gasteiger partial charge in [-0.25, -0.2) is 4.39 Å². The van der Waals surface area contributed by atoms with Crippen LogP contribution in [0.5, 0.6) is 0 Å². The lowest BCUT2D eigenvalue weighted by atomic mass is 9.54. The van der Waals surface area contributed by atoms with Crippen LogP contribution in [0.3, 0.4) is 0 Å². The van der Waals surface area contributed by atoms with Gasteiger partial charge in [-0.2, -0.15) is 0 Å². The lowest BCUT2D eigenvalue weighted by Gasteiger charge is -2.52. The second-order valence-electron chi connectivity index (χ2n) is 8.52. The van der Waals surface area contributed by atoms with E-state index in [2.05, 4.69) is 10.6 Å². The number of benzene rings is 3. The number of anilines is 2. The molecule has 3 N–H and O–H groups in total. The third-order valence-corrected chi connectivity index (χ3v) is 6.47. The number of carbonyl (C=O) groups excluding carboxylic acids is 2. The second kappa shape index (κ2) is 8.96. The molecule has 1 saturated carbocycles. The Morgan fingerprint density at radius 2 is 1.58 bits per heavy atom. The molecule has 33 heavy (non-hydrogen) atoms. The zero-order chi connectivity index (χ0) is 23.6. The van der Waals surface area contributed by atoms with Gasteiger partial charge in [0.1, 0.15) is 5.82 Å². The fourth-order valence-electron chi connectivity index (χ4n) is 4.31. The first-order valence-electron chi connectivity index (χ1n) is 10.7. The minimum atomic E-state index is -0.922. The average Bonchev–Trinajstić information content (AvgIpc) is 2.79. The van der Waals surface area contributed by atoms with E-state index in [9.17, 15) is 19.1 Å². The van der Waals surface area contributed by atoms with E-state index in [0.29, 0.717) is 28.4 Å². The number of rotatable bonds is 6. The number of hydrogen-bond acceptors (Lipinski definition) is 3. The summed E-state index contributed by atoms with van der Waals surface area (Å²) in [7, 11) is 0. The van der Waals surface area contributed by atoms with Crippen LogP contribution in [0, 0.1) is 5.82 Å². The van der Waals surface area contributed by atoms with Crippen molar-refractivity contribution >= 4 is 34.8 Å². The molecule has 0 spiro atoms. The van der Waals surface area contributed by atoms with Crippen LogP contribution >= 0.6 is 11.6 Å². The van der Waals surface area contributed by atoms with Crippen LogP contribution in [0.2, 0.25) is 5.02 Å². The van der Waals surface area contributed by atoms with Crippen molar-refractivity contribution in [3.05, 3.63) is 94.8 Å². The molecule has 0 aliphatic heterocycles. The molecule has 0 saturated heterocycles. The van der Waals surface area contributed by atoms with Crippen LogP contribution in [0.4, 0.5) is 15.8 Å². The summed E-state index contributed by atoms with van der Waals surface area (Å²) in [6, 6.07) is 19.2. The van der Waals surface area contributed by atoms with Gasteiger partial charge in [-0.3, -0.25) is 9.59 Å². The first kappa shape index (κ1) is 23.0. The van der Waals surface area contributed by atoms with Gasteiger partial charge >= 0.3 is 0 Å². The SMILES string of the molecule is CC[C@]1(O)C[C@@](C(=O)Nc2ccc(F)cc2)(c2ccc(NC(=O)c3cccc(Cl)c3)cc2)C1. The molecule has 3 aromatic carbocycles. The Morgan fingerprint density at radius 3 is 2.18 bits per heavy atom. The molecular weight excluding hydrogens is 443 g/mol. The van der Waals surface area contributed by atoms with Gasteiger partial charge in [-0.05, 0) is 79.4 Å². The van der Waals surface area contributed by atoms with Crippen molar-refractivity contribution in [2.24, 2.45) is 0 Å². The first-order valence-corrected chi connectivity index (χ1v) is 11.1. The summed E-state index contributed by atoms with van der Waals surface area (Å²) >= 11 is 5.96. The standard InChI is InChI=1S/C26H24ClFN2O3/c1-2-25(33)15-26(16-25,24(32)30-22-12-8-20(28)9-13-22)18-6-10-21(11-7-18)29-23(31)17-4-3-5-19(27)14-17/h3-14,33H,2,15-16H2,1H3,(H,29,31)(H,30,32)/t25-,26-. The molecule has 1 aliphatic carbocycles. The van der Waals surface area contributed by atoms with Crippen LogP contribution in [-0.2, 0) is 10.2 Å². The molecule has 170 valence electrons. The summed E-state index contributed by atoms with van der Waals surface area (Å²) in [5, 5.41) is 16.8. The van der Waals surface area contributed by atoms with Crippen molar-refractivity contribution in [1.29, 1.82) is 0 Å². The summed E-state index contributed by atoms with van der Waals surface area (Å²) in [4.78, 5) is 25.8. The Hall–Kier alpha value is -3.22. The Morgan fingerprint density at radius 1 is 0.970 bits per heavy atom. The van der Waals surface area contributed by atoms with E-state index in [1.807, 2.05) is 6.92 Å². The predicted molar refractivity (Wildman–Crippen MR) is 127 cm³/mol. The van der Waals surface area contributed by atoms with E-state index >= 15 is 0 Å². The molecular formula is C26H24ClFN2O3. The monoisotopic (exact) mass is 466 g/mol. The van der Waals surface area contributed by atoms with E-state index in [1.165, 1.54) is 24.3 Å². The van der Waals surface area contributed by atoms with Gasteiger partial charge in [0.25, 0.3) is 5.91 Å². The third-order valence-electron chi connectivity index (χ3n) is 6.24. The minimum Gasteiger partial charge on any atom is -0.390 e. The van der Waals surface area contributed by atoms with Gasteiger partial charge in [0, 0.05) is 22.0 Å². The fraction of sp³-hybridized carbons (Fsp3) is 0.231. The quantitative estimate of drug-likeness (QED) is 0.446. The zero-order valence-electron chi connectivity index (χ0n) is 18.1. The molecule has 0 atom stereocenters. The van der Waals surface area contributed by atoms with Crippen LogP contribution in [0.1, 0.15) is 42.1 Å². The number of hydrogen-bond donors (Lipinski definition) is 3. The van der Waals surface area contributed by atoms with E-state index in [0.717, 1.165) is 5.56 Å². The van der Waals surface area contributed by atoms with Crippen LogP contribution < -0.4 is 10.6 Å². The lowest BCUT2D eigenvalue weighted by molar-refractivity contribution is -0.143. The van der Waals surface area contributed by atoms with E-state index < -0.39 is 11.0 Å². The Bertz CT molecular complexity index is 1170. The van der Waals surface area contributed by atoms with Crippen molar-refractivity contribution < 1.29 is 19.1 Å². The highest BCUT2D eigenvalue weighted by atomic mass is 35.5. The maximum atomic E-state index is 13.3. The molecule has 1 fully saturated rings. The molecule has 5 nitrogen and oxygen atoms in total. The number of aliphatic hydroxyl groups is 1. The molecule has 0 aromatic heterocycles. The van der Waals surface area contributed by atoms with Gasteiger partial charge in [0.05, 0.1) is 11.0 Å². The van der Waals surface area contributed by atoms with E-state index in [4.69, 9.17) is 11.6 Å². The third kappa shape index (κ3) is 4.77. The smallest absolute Gasteiger partial charge is 0.255 e. The van der Waals surface area contributed by atoms with Gasteiger partial charge < -0.3 is 15.7 Å². The summed E-state index contributed by atoms with van der Waals surface area (Å²) in [5.74, 6) is -0.942. The number of amides is 2. The van der Waals surface area contributed by atoms with Gasteiger partial charge in [-0.1, -0.05) is 36.7 Å². The number of halogens is 2. The number of carbonyl (C=O) groups is 2. The number of nitrogens with one attached hydrogen (secondary N) is 2. The first-order chi connectivity index (χ1) is 15.7.